The van der Waals surface area contributed by atoms with Gasteiger partial charge < -0.3 is 19.8 Å². The third-order valence-electron chi connectivity index (χ3n) is 3.95. The van der Waals surface area contributed by atoms with Gasteiger partial charge >= 0.3 is 5.97 Å². The van der Waals surface area contributed by atoms with E-state index in [0.717, 1.165) is 11.3 Å². The molecule has 0 radical (unpaired) electrons. The van der Waals surface area contributed by atoms with Crippen molar-refractivity contribution in [3.8, 4) is 0 Å². The monoisotopic (exact) mass is 398 g/mol. The van der Waals surface area contributed by atoms with E-state index in [2.05, 4.69) is 10.6 Å². The number of benzene rings is 1. The Hall–Kier alpha value is -3.39. The van der Waals surface area contributed by atoms with Gasteiger partial charge in [0.1, 0.15) is 0 Å². The van der Waals surface area contributed by atoms with Gasteiger partial charge in [0.25, 0.3) is 11.8 Å². The number of furan rings is 1. The molecule has 2 aromatic heterocycles. The van der Waals surface area contributed by atoms with Crippen LogP contribution in [0.1, 0.15) is 37.4 Å². The van der Waals surface area contributed by atoms with Crippen LogP contribution in [-0.2, 0) is 9.53 Å². The molecule has 3 aromatic rings. The number of hydrogen-bond donors (Lipinski definition) is 2. The highest BCUT2D eigenvalue weighted by Crippen LogP contribution is 2.28. The molecule has 7 nitrogen and oxygen atoms in total. The smallest absolute Gasteiger partial charge is 0.333 e. The second kappa shape index (κ2) is 8.53. The van der Waals surface area contributed by atoms with E-state index in [4.69, 9.17) is 9.15 Å². The van der Waals surface area contributed by atoms with Gasteiger partial charge in [-0.25, -0.2) is 4.79 Å². The number of methoxy groups -OCH3 is 1. The van der Waals surface area contributed by atoms with Gasteiger partial charge in [0, 0.05) is 0 Å². The number of rotatable bonds is 6. The van der Waals surface area contributed by atoms with Gasteiger partial charge in [-0.3, -0.25) is 9.59 Å². The zero-order valence-electron chi connectivity index (χ0n) is 15.2. The lowest BCUT2D eigenvalue weighted by molar-refractivity contribution is -0.143. The lowest BCUT2D eigenvalue weighted by atomic mass is 10.1. The summed E-state index contributed by atoms with van der Waals surface area (Å²) in [6.45, 7) is 1.75. The summed E-state index contributed by atoms with van der Waals surface area (Å²) in [4.78, 5) is 37.4. The first kappa shape index (κ1) is 19.4. The van der Waals surface area contributed by atoms with Crippen LogP contribution in [0.15, 0.2) is 59.2 Å². The average Bonchev–Trinajstić information content (AvgIpc) is 3.36. The molecule has 0 spiro atoms. The maximum Gasteiger partial charge on any atom is 0.333 e. The van der Waals surface area contributed by atoms with Crippen molar-refractivity contribution >= 4 is 34.1 Å². The van der Waals surface area contributed by atoms with Crippen LogP contribution >= 0.6 is 11.3 Å². The Kier molecular flexibility index (Phi) is 5.90. The normalized spacial score (nSPS) is 11.5. The molecule has 144 valence electrons. The molecule has 0 saturated carbocycles. The topological polar surface area (TPSA) is 97.6 Å². The molecule has 1 aromatic carbocycles. The van der Waals surface area contributed by atoms with E-state index < -0.39 is 23.8 Å². The first-order chi connectivity index (χ1) is 13.5. The Balaban J connectivity index is 1.77. The van der Waals surface area contributed by atoms with Crippen molar-refractivity contribution in [2.24, 2.45) is 0 Å². The van der Waals surface area contributed by atoms with Crippen LogP contribution in [-0.4, -0.2) is 24.9 Å². The summed E-state index contributed by atoms with van der Waals surface area (Å²) in [5.41, 5.74) is 1.29. The highest BCUT2D eigenvalue weighted by Gasteiger charge is 2.26. The van der Waals surface area contributed by atoms with E-state index in [-0.39, 0.29) is 5.76 Å². The molecule has 0 bridgehead atoms. The minimum atomic E-state index is -0.929. The zero-order chi connectivity index (χ0) is 20.1. The Morgan fingerprint density at radius 1 is 1.07 bits per heavy atom. The summed E-state index contributed by atoms with van der Waals surface area (Å²) in [7, 11) is 1.27. The molecular formula is C20H18N2O5S. The highest BCUT2D eigenvalue weighted by atomic mass is 32.1. The van der Waals surface area contributed by atoms with Gasteiger partial charge in [-0.05, 0) is 36.2 Å². The number of amides is 2. The standard InChI is InChI=1S/C20H18N2O5S/c1-12-11-15(21-18(23)14-9-6-10-27-14)28-17(12)19(24)22-16(20(25)26-2)13-7-4-3-5-8-13/h3-11,16H,1-2H3,(H,21,23)(H,22,24). The largest absolute Gasteiger partial charge is 0.467 e. The third kappa shape index (κ3) is 4.29. The summed E-state index contributed by atoms with van der Waals surface area (Å²) in [6.07, 6.45) is 1.41. The molecule has 0 aliphatic rings. The second-order valence-electron chi connectivity index (χ2n) is 5.89. The predicted octanol–water partition coefficient (Wildman–Crippen LogP) is 3.55. The average molecular weight is 398 g/mol. The van der Waals surface area contributed by atoms with Crippen molar-refractivity contribution in [2.75, 3.05) is 12.4 Å². The van der Waals surface area contributed by atoms with Crippen molar-refractivity contribution in [3.05, 3.63) is 76.6 Å². The van der Waals surface area contributed by atoms with Gasteiger partial charge in [-0.1, -0.05) is 30.3 Å². The van der Waals surface area contributed by atoms with Crippen molar-refractivity contribution in [1.29, 1.82) is 0 Å². The zero-order valence-corrected chi connectivity index (χ0v) is 16.0. The van der Waals surface area contributed by atoms with Crippen LogP contribution in [0.5, 0.6) is 0 Å². The Bertz CT molecular complexity index is 979. The molecule has 0 fully saturated rings. The maximum absolute atomic E-state index is 12.8. The summed E-state index contributed by atoms with van der Waals surface area (Å²) in [6, 6.07) is 12.8. The van der Waals surface area contributed by atoms with Crippen LogP contribution in [0.2, 0.25) is 0 Å². The minimum absolute atomic E-state index is 0.173. The fourth-order valence-corrected chi connectivity index (χ4v) is 3.56. The molecule has 0 aliphatic carbocycles. The Morgan fingerprint density at radius 2 is 1.82 bits per heavy atom. The number of esters is 1. The fraction of sp³-hybridized carbons (Fsp3) is 0.150. The molecule has 1 atom stereocenters. The van der Waals surface area contributed by atoms with E-state index in [0.29, 0.717) is 21.0 Å². The maximum atomic E-state index is 12.8. The molecule has 2 amide bonds. The van der Waals surface area contributed by atoms with Crippen molar-refractivity contribution < 1.29 is 23.5 Å². The molecule has 2 N–H and O–H groups in total. The van der Waals surface area contributed by atoms with Gasteiger partial charge in [0.15, 0.2) is 11.8 Å². The van der Waals surface area contributed by atoms with E-state index in [1.807, 2.05) is 6.07 Å². The van der Waals surface area contributed by atoms with Crippen LogP contribution in [0, 0.1) is 6.92 Å². The lowest BCUT2D eigenvalue weighted by Crippen LogP contribution is -2.34. The van der Waals surface area contributed by atoms with Gasteiger partial charge in [0.2, 0.25) is 0 Å². The molecular weight excluding hydrogens is 380 g/mol. The molecule has 8 heteroatoms. The molecule has 3 rings (SSSR count). The molecule has 0 aliphatic heterocycles. The number of ether oxygens (including phenoxy) is 1. The number of carbonyl (C=O) groups is 3. The Morgan fingerprint density at radius 3 is 2.46 bits per heavy atom. The number of carbonyl (C=O) groups excluding carboxylic acids is 3. The third-order valence-corrected chi connectivity index (χ3v) is 5.10. The molecule has 1 unspecified atom stereocenters. The van der Waals surface area contributed by atoms with Gasteiger partial charge in [0.05, 0.1) is 23.3 Å². The van der Waals surface area contributed by atoms with Gasteiger partial charge in [-0.2, -0.15) is 0 Å². The van der Waals surface area contributed by atoms with Crippen LogP contribution in [0.3, 0.4) is 0 Å². The van der Waals surface area contributed by atoms with Crippen molar-refractivity contribution in [3.63, 3.8) is 0 Å². The van der Waals surface area contributed by atoms with Crippen LogP contribution in [0.4, 0.5) is 5.00 Å². The first-order valence-corrected chi connectivity index (χ1v) is 9.20. The molecule has 28 heavy (non-hydrogen) atoms. The summed E-state index contributed by atoms with van der Waals surface area (Å²) >= 11 is 1.11. The lowest BCUT2D eigenvalue weighted by Gasteiger charge is -2.16. The highest BCUT2D eigenvalue weighted by molar-refractivity contribution is 7.18. The number of nitrogens with one attached hydrogen (secondary N) is 2. The Labute approximate surface area is 165 Å². The van der Waals surface area contributed by atoms with Gasteiger partial charge in [-0.15, -0.1) is 11.3 Å². The van der Waals surface area contributed by atoms with E-state index >= 15 is 0 Å². The van der Waals surface area contributed by atoms with Crippen LogP contribution in [0.25, 0.3) is 0 Å². The summed E-state index contributed by atoms with van der Waals surface area (Å²) in [5, 5.41) is 5.89. The number of thiophene rings is 1. The fourth-order valence-electron chi connectivity index (χ4n) is 2.59. The summed E-state index contributed by atoms with van der Waals surface area (Å²) in [5.74, 6) is -1.23. The molecule has 0 saturated heterocycles. The second-order valence-corrected chi connectivity index (χ2v) is 6.95. The van der Waals surface area contributed by atoms with Crippen molar-refractivity contribution in [1.82, 2.24) is 5.32 Å². The number of hydrogen-bond acceptors (Lipinski definition) is 6. The number of aryl methyl sites for hydroxylation is 1. The van der Waals surface area contributed by atoms with Crippen LogP contribution < -0.4 is 10.6 Å². The SMILES string of the molecule is COC(=O)C(NC(=O)c1sc(NC(=O)c2ccco2)cc1C)c1ccccc1. The quantitative estimate of drug-likeness (QED) is 0.619. The van der Waals surface area contributed by atoms with E-state index in [1.54, 1.807) is 49.4 Å². The first-order valence-electron chi connectivity index (χ1n) is 8.38. The number of anilines is 1. The molecule has 2 heterocycles. The minimum Gasteiger partial charge on any atom is -0.467 e. The predicted molar refractivity (Wildman–Crippen MR) is 104 cm³/mol. The van der Waals surface area contributed by atoms with E-state index in [1.165, 1.54) is 13.4 Å². The summed E-state index contributed by atoms with van der Waals surface area (Å²) < 4.78 is 9.87. The van der Waals surface area contributed by atoms with E-state index in [9.17, 15) is 14.4 Å². The van der Waals surface area contributed by atoms with Crippen molar-refractivity contribution in [2.45, 2.75) is 13.0 Å².